The second kappa shape index (κ2) is 10.5. The second-order valence-electron chi connectivity index (χ2n) is 12.2. The molecule has 0 radical (unpaired) electrons. The summed E-state index contributed by atoms with van der Waals surface area (Å²) in [7, 11) is 0. The standard InChI is InChI=1S/C44H26N2O2/c1-2-11-27(12-3-1)31-24-35(43-34-16-7-9-19-39(34)48-41(43)25-31)44-45-36(30-22-21-28-13-4-5-14-29(28)23-30)26-37(46-44)32-17-10-20-40-42(32)33-15-6-8-18-38(33)47-40/h1-26H. The first-order valence-corrected chi connectivity index (χ1v) is 16.1. The van der Waals surface area contributed by atoms with E-state index in [4.69, 9.17) is 18.8 Å². The van der Waals surface area contributed by atoms with Crippen molar-refractivity contribution in [2.24, 2.45) is 0 Å². The molecule has 0 saturated heterocycles. The van der Waals surface area contributed by atoms with Gasteiger partial charge in [-0.2, -0.15) is 0 Å². The normalized spacial score (nSPS) is 11.8. The maximum Gasteiger partial charge on any atom is 0.161 e. The summed E-state index contributed by atoms with van der Waals surface area (Å²) in [5.41, 5.74) is 10.1. The summed E-state index contributed by atoms with van der Waals surface area (Å²) in [5.74, 6) is 0.634. The van der Waals surface area contributed by atoms with Crippen LogP contribution in [0.2, 0.25) is 0 Å². The number of fused-ring (bicyclic) bond motifs is 7. The summed E-state index contributed by atoms with van der Waals surface area (Å²) < 4.78 is 12.8. The molecule has 0 spiro atoms. The maximum absolute atomic E-state index is 6.48. The van der Waals surface area contributed by atoms with E-state index in [0.717, 1.165) is 88.5 Å². The smallest absolute Gasteiger partial charge is 0.161 e. The van der Waals surface area contributed by atoms with Crippen LogP contribution in [0.15, 0.2) is 167 Å². The highest BCUT2D eigenvalue weighted by atomic mass is 16.3. The van der Waals surface area contributed by atoms with E-state index in [9.17, 15) is 0 Å². The first kappa shape index (κ1) is 26.7. The molecular weight excluding hydrogens is 588 g/mol. The van der Waals surface area contributed by atoms with E-state index >= 15 is 0 Å². The fraction of sp³-hybridized carbons (Fsp3) is 0. The van der Waals surface area contributed by atoms with Crippen molar-refractivity contribution in [2.75, 3.05) is 0 Å². The lowest BCUT2D eigenvalue weighted by atomic mass is 9.97. The minimum Gasteiger partial charge on any atom is -0.456 e. The Labute approximate surface area is 275 Å². The molecule has 48 heavy (non-hydrogen) atoms. The lowest BCUT2D eigenvalue weighted by Gasteiger charge is -2.13. The van der Waals surface area contributed by atoms with Crippen molar-refractivity contribution in [3.8, 4) is 45.0 Å². The number of furan rings is 2. The Morgan fingerprint density at radius 1 is 0.354 bits per heavy atom. The van der Waals surface area contributed by atoms with Gasteiger partial charge in [0.25, 0.3) is 0 Å². The molecular formula is C44H26N2O2. The highest BCUT2D eigenvalue weighted by Gasteiger charge is 2.21. The summed E-state index contributed by atoms with van der Waals surface area (Å²) in [6, 6.07) is 54.3. The van der Waals surface area contributed by atoms with Gasteiger partial charge in [0.2, 0.25) is 0 Å². The van der Waals surface area contributed by atoms with E-state index in [1.54, 1.807) is 0 Å². The largest absolute Gasteiger partial charge is 0.456 e. The van der Waals surface area contributed by atoms with Crippen LogP contribution in [0.25, 0.3) is 99.7 Å². The molecule has 3 heterocycles. The zero-order valence-electron chi connectivity index (χ0n) is 25.7. The molecule has 0 atom stereocenters. The van der Waals surface area contributed by atoms with Crippen LogP contribution in [-0.4, -0.2) is 9.97 Å². The number of aromatic nitrogens is 2. The number of nitrogens with zero attached hydrogens (tertiary/aromatic N) is 2. The minimum absolute atomic E-state index is 0.634. The third-order valence-electron chi connectivity index (χ3n) is 9.28. The first-order valence-electron chi connectivity index (χ1n) is 16.1. The molecule has 0 saturated carbocycles. The molecule has 10 rings (SSSR count). The quantitative estimate of drug-likeness (QED) is 0.198. The highest BCUT2D eigenvalue weighted by Crippen LogP contribution is 2.42. The summed E-state index contributed by atoms with van der Waals surface area (Å²) in [6.07, 6.45) is 0. The molecule has 224 valence electrons. The SMILES string of the molecule is c1ccc(-c2cc(-c3nc(-c4ccc5ccccc5c4)cc(-c4cccc5oc6ccccc6c45)n3)c3c(c2)oc2ccccc23)cc1. The summed E-state index contributed by atoms with van der Waals surface area (Å²) in [5, 5.41) is 6.48. The number of hydrogen-bond donors (Lipinski definition) is 0. The molecule has 4 heteroatoms. The van der Waals surface area contributed by atoms with Crippen molar-refractivity contribution < 1.29 is 8.83 Å². The second-order valence-corrected chi connectivity index (χ2v) is 12.2. The lowest BCUT2D eigenvalue weighted by molar-refractivity contribution is 0.668. The number of rotatable bonds is 4. The van der Waals surface area contributed by atoms with Crippen LogP contribution in [0.5, 0.6) is 0 Å². The van der Waals surface area contributed by atoms with Crippen LogP contribution in [0, 0.1) is 0 Å². The Balaban J connectivity index is 1.30. The van der Waals surface area contributed by atoms with Gasteiger partial charge in [0.15, 0.2) is 5.82 Å². The van der Waals surface area contributed by atoms with E-state index in [1.807, 2.05) is 42.5 Å². The van der Waals surface area contributed by atoms with Crippen molar-refractivity contribution in [2.45, 2.75) is 0 Å². The minimum atomic E-state index is 0.634. The molecule has 0 bridgehead atoms. The van der Waals surface area contributed by atoms with Crippen molar-refractivity contribution >= 4 is 54.6 Å². The fourth-order valence-electron chi connectivity index (χ4n) is 7.02. The van der Waals surface area contributed by atoms with Gasteiger partial charge in [0.05, 0.1) is 11.4 Å². The molecule has 0 amide bonds. The maximum atomic E-state index is 6.48. The first-order chi connectivity index (χ1) is 23.8. The molecule has 0 fully saturated rings. The molecule has 7 aromatic carbocycles. The fourth-order valence-corrected chi connectivity index (χ4v) is 7.02. The van der Waals surface area contributed by atoms with E-state index in [0.29, 0.717) is 5.82 Å². The Morgan fingerprint density at radius 3 is 1.81 bits per heavy atom. The highest BCUT2D eigenvalue weighted by molar-refractivity contribution is 6.14. The number of para-hydroxylation sites is 2. The number of benzene rings is 7. The average molecular weight is 615 g/mol. The van der Waals surface area contributed by atoms with Crippen molar-refractivity contribution in [1.82, 2.24) is 9.97 Å². The Kier molecular flexibility index (Phi) is 5.84. The van der Waals surface area contributed by atoms with Gasteiger partial charge in [0, 0.05) is 38.2 Å². The predicted octanol–water partition coefficient (Wildman–Crippen LogP) is 12.1. The van der Waals surface area contributed by atoms with Gasteiger partial charge in [0.1, 0.15) is 22.3 Å². The van der Waals surface area contributed by atoms with Crippen molar-refractivity contribution in [1.29, 1.82) is 0 Å². The van der Waals surface area contributed by atoms with Crippen LogP contribution in [0.4, 0.5) is 0 Å². The average Bonchev–Trinajstić information content (AvgIpc) is 3.73. The van der Waals surface area contributed by atoms with Gasteiger partial charge >= 0.3 is 0 Å². The summed E-state index contributed by atoms with van der Waals surface area (Å²) in [4.78, 5) is 10.7. The summed E-state index contributed by atoms with van der Waals surface area (Å²) >= 11 is 0. The Hall–Kier alpha value is -6.52. The van der Waals surface area contributed by atoms with E-state index < -0.39 is 0 Å². The lowest BCUT2D eigenvalue weighted by Crippen LogP contribution is -1.97. The van der Waals surface area contributed by atoms with Gasteiger partial charge < -0.3 is 8.83 Å². The van der Waals surface area contributed by atoms with Gasteiger partial charge in [-0.15, -0.1) is 0 Å². The molecule has 0 aliphatic carbocycles. The van der Waals surface area contributed by atoms with E-state index in [2.05, 4.69) is 115 Å². The number of hydrogen-bond acceptors (Lipinski definition) is 4. The van der Waals surface area contributed by atoms with Gasteiger partial charge in [-0.3, -0.25) is 0 Å². The molecule has 10 aromatic rings. The molecule has 0 unspecified atom stereocenters. The molecule has 0 aliphatic heterocycles. The van der Waals surface area contributed by atoms with Gasteiger partial charge in [-0.1, -0.05) is 115 Å². The molecule has 0 aliphatic rings. The van der Waals surface area contributed by atoms with E-state index in [-0.39, 0.29) is 0 Å². The molecule has 0 N–H and O–H groups in total. The van der Waals surface area contributed by atoms with Crippen LogP contribution in [-0.2, 0) is 0 Å². The third kappa shape index (κ3) is 4.24. The van der Waals surface area contributed by atoms with Gasteiger partial charge in [-0.25, -0.2) is 9.97 Å². The Bertz CT molecular complexity index is 2850. The predicted molar refractivity (Wildman–Crippen MR) is 196 cm³/mol. The third-order valence-corrected chi connectivity index (χ3v) is 9.28. The molecule has 4 nitrogen and oxygen atoms in total. The van der Waals surface area contributed by atoms with Crippen LogP contribution in [0.1, 0.15) is 0 Å². The Morgan fingerprint density at radius 2 is 1.00 bits per heavy atom. The topological polar surface area (TPSA) is 52.1 Å². The van der Waals surface area contributed by atoms with Crippen LogP contribution >= 0.6 is 0 Å². The van der Waals surface area contributed by atoms with E-state index in [1.165, 1.54) is 5.39 Å². The zero-order valence-corrected chi connectivity index (χ0v) is 25.7. The van der Waals surface area contributed by atoms with Crippen molar-refractivity contribution in [3.05, 3.63) is 158 Å². The van der Waals surface area contributed by atoms with Gasteiger partial charge in [-0.05, 0) is 64.4 Å². The van der Waals surface area contributed by atoms with Crippen LogP contribution in [0.3, 0.4) is 0 Å². The van der Waals surface area contributed by atoms with Crippen LogP contribution < -0.4 is 0 Å². The molecule has 3 aromatic heterocycles. The van der Waals surface area contributed by atoms with Crippen molar-refractivity contribution in [3.63, 3.8) is 0 Å². The summed E-state index contributed by atoms with van der Waals surface area (Å²) in [6.45, 7) is 0. The monoisotopic (exact) mass is 614 g/mol. The zero-order chi connectivity index (χ0) is 31.6.